The van der Waals surface area contributed by atoms with Crippen molar-refractivity contribution in [3.05, 3.63) is 34.6 Å². The smallest absolute Gasteiger partial charge is 0.384 e. The molecule has 2 amide bonds. The molecule has 1 unspecified atom stereocenters. The zero-order valence-corrected chi connectivity index (χ0v) is 24.1. The van der Waals surface area contributed by atoms with Gasteiger partial charge in [0.1, 0.15) is 29.0 Å². The number of thioether (sulfide) groups is 2. The second-order valence-corrected chi connectivity index (χ2v) is 11.9. The lowest BCUT2D eigenvalue weighted by molar-refractivity contribution is -0.682. The largest absolute Gasteiger partial charge is 0.478 e. The van der Waals surface area contributed by atoms with Crippen molar-refractivity contribution < 1.29 is 38.9 Å². The van der Waals surface area contributed by atoms with Crippen molar-refractivity contribution in [2.24, 2.45) is 5.16 Å². The van der Waals surface area contributed by atoms with E-state index in [0.29, 0.717) is 10.7 Å². The second kappa shape index (κ2) is 11.8. The maximum atomic E-state index is 13.3. The van der Waals surface area contributed by atoms with E-state index in [0.717, 1.165) is 28.0 Å². The van der Waals surface area contributed by atoms with Gasteiger partial charge in [-0.25, -0.2) is 14.6 Å². The monoisotopic (exact) mass is 624 g/mol. The van der Waals surface area contributed by atoms with Crippen molar-refractivity contribution in [3.63, 3.8) is 0 Å². The number of aromatic nitrogens is 3. The molecule has 2 aromatic rings. The Kier molecular flexibility index (Phi) is 8.59. The van der Waals surface area contributed by atoms with E-state index in [4.69, 9.17) is 22.1 Å². The first-order valence-corrected chi connectivity index (χ1v) is 14.8. The Labute approximate surface area is 245 Å². The van der Waals surface area contributed by atoms with E-state index in [1.54, 1.807) is 6.92 Å². The minimum Gasteiger partial charge on any atom is -0.478 e. The molecule has 0 aromatic carbocycles. The summed E-state index contributed by atoms with van der Waals surface area (Å²) in [6.07, 6.45) is 1.56. The molecule has 16 nitrogen and oxygen atoms in total. The van der Waals surface area contributed by atoms with E-state index in [1.165, 1.54) is 41.0 Å². The summed E-state index contributed by atoms with van der Waals surface area (Å²) in [6.45, 7) is 2.87. The Balaban J connectivity index is 1.53. The number of oxime groups is 1. The molecule has 1 fully saturated rings. The Morgan fingerprint density at radius 2 is 2.07 bits per heavy atom. The predicted octanol–water partition coefficient (Wildman–Crippen LogP) is -0.791. The fraction of sp³-hybridized carbons (Fsp3) is 0.364. The van der Waals surface area contributed by atoms with Crippen molar-refractivity contribution >= 4 is 75.3 Å². The summed E-state index contributed by atoms with van der Waals surface area (Å²) in [5.41, 5.74) is 9.59. The molecule has 19 heteroatoms. The third-order valence-corrected chi connectivity index (χ3v) is 9.28. The number of hydrogen-bond acceptors (Lipinski definition) is 14. The number of β-lactam (4-membered cyclic amide) rings is 1. The average Bonchev–Trinajstić information content (AvgIpc) is 3.36. The molecule has 0 radical (unpaired) electrons. The normalized spacial score (nSPS) is 20.1. The summed E-state index contributed by atoms with van der Waals surface area (Å²) in [7, 11) is 0. The van der Waals surface area contributed by atoms with Crippen LogP contribution in [0.3, 0.4) is 0 Å². The van der Waals surface area contributed by atoms with Crippen LogP contribution >= 0.6 is 34.9 Å². The Bertz CT molecular complexity index is 1480. The minimum absolute atomic E-state index is 0.0199. The van der Waals surface area contributed by atoms with Gasteiger partial charge in [0.05, 0.1) is 0 Å². The number of anilines is 2. The predicted molar refractivity (Wildman–Crippen MR) is 150 cm³/mol. The Morgan fingerprint density at radius 1 is 1.34 bits per heavy atom. The molecule has 0 aliphatic carbocycles. The highest BCUT2D eigenvalue weighted by Gasteiger charge is 2.54. The quantitative estimate of drug-likeness (QED) is 0.0341. The lowest BCUT2D eigenvalue weighted by Crippen LogP contribution is -2.71. The molecule has 9 N–H and O–H groups in total. The van der Waals surface area contributed by atoms with Gasteiger partial charge in [-0.2, -0.15) is 0 Å². The van der Waals surface area contributed by atoms with Crippen molar-refractivity contribution in [1.29, 1.82) is 0 Å². The van der Waals surface area contributed by atoms with Crippen LogP contribution in [-0.4, -0.2) is 83.1 Å². The maximum absolute atomic E-state index is 13.3. The Morgan fingerprint density at radius 3 is 2.68 bits per heavy atom. The van der Waals surface area contributed by atoms with E-state index in [1.807, 2.05) is 0 Å². The molecule has 0 saturated carbocycles. The molecular weight excluding hydrogens is 598 g/mol. The molecule has 3 atom stereocenters. The average molecular weight is 625 g/mol. The van der Waals surface area contributed by atoms with Crippen LogP contribution in [0.15, 0.2) is 39.2 Å². The number of aliphatic carboxylic acids is 2. The molecule has 4 heterocycles. The van der Waals surface area contributed by atoms with Crippen molar-refractivity contribution in [2.45, 2.75) is 42.4 Å². The van der Waals surface area contributed by atoms with Gasteiger partial charge in [0, 0.05) is 23.0 Å². The number of nitrogens with zero attached hydrogens (tertiary/aromatic N) is 5. The van der Waals surface area contributed by atoms with Gasteiger partial charge < -0.3 is 31.8 Å². The van der Waals surface area contributed by atoms with Crippen LogP contribution in [0.4, 0.5) is 10.9 Å². The van der Waals surface area contributed by atoms with Crippen LogP contribution in [0.5, 0.6) is 0 Å². The number of thiazole rings is 1. The van der Waals surface area contributed by atoms with Crippen LogP contribution in [0.2, 0.25) is 0 Å². The first kappa shape index (κ1) is 29.9. The van der Waals surface area contributed by atoms with Crippen LogP contribution in [0, 0.1) is 0 Å². The fourth-order valence-corrected chi connectivity index (χ4v) is 6.64. The van der Waals surface area contributed by atoms with Gasteiger partial charge in [0.15, 0.2) is 10.8 Å². The van der Waals surface area contributed by atoms with Gasteiger partial charge in [0.25, 0.3) is 11.8 Å². The SMILES string of the molecule is CC[C@@](C)(O/N=C(\C(=O)NC1C(=O)N2C(C(=O)O)=C(CSc3nc(N)cc[n+]3N)CS[C@H]12)c1csc(N)n1)C(=O)O. The number of carboxylic acid groups (broad SMARTS) is 2. The number of fused-ring (bicyclic) bond motifs is 1. The van der Waals surface area contributed by atoms with Crippen LogP contribution in [0.1, 0.15) is 26.0 Å². The number of rotatable bonds is 11. The third kappa shape index (κ3) is 6.00. The van der Waals surface area contributed by atoms with Gasteiger partial charge in [-0.15, -0.1) is 27.8 Å². The molecule has 0 bridgehead atoms. The lowest BCUT2D eigenvalue weighted by atomic mass is 10.0. The number of carbonyl (C=O) groups excluding carboxylic acids is 2. The summed E-state index contributed by atoms with van der Waals surface area (Å²) in [5, 5.41) is 27.0. The second-order valence-electron chi connectivity index (χ2n) is 8.94. The van der Waals surface area contributed by atoms with E-state index < -0.39 is 40.8 Å². The summed E-state index contributed by atoms with van der Waals surface area (Å²) in [4.78, 5) is 64.7. The van der Waals surface area contributed by atoms with Crippen LogP contribution < -0.4 is 27.3 Å². The number of nitrogens with two attached hydrogens (primary N) is 3. The molecule has 2 aliphatic rings. The van der Waals surface area contributed by atoms with Gasteiger partial charge in [-0.05, 0) is 35.7 Å². The molecule has 2 aromatic heterocycles. The molecule has 41 heavy (non-hydrogen) atoms. The van der Waals surface area contributed by atoms with Gasteiger partial charge in [-0.3, -0.25) is 20.3 Å². The molecule has 4 rings (SSSR count). The third-order valence-electron chi connectivity index (χ3n) is 6.21. The van der Waals surface area contributed by atoms with Crippen molar-refractivity contribution in [1.82, 2.24) is 20.2 Å². The van der Waals surface area contributed by atoms with Crippen molar-refractivity contribution in [2.75, 3.05) is 28.8 Å². The highest BCUT2D eigenvalue weighted by molar-refractivity contribution is 8.01. The number of amides is 2. The summed E-state index contributed by atoms with van der Waals surface area (Å²) in [6, 6.07) is 0.427. The number of nitrogens with one attached hydrogen (secondary N) is 1. The topological polar surface area (TPSA) is 253 Å². The highest BCUT2D eigenvalue weighted by atomic mass is 32.2. The van der Waals surface area contributed by atoms with E-state index >= 15 is 0 Å². The molecule has 218 valence electrons. The van der Waals surface area contributed by atoms with Gasteiger partial charge in [-0.1, -0.05) is 12.1 Å². The summed E-state index contributed by atoms with van der Waals surface area (Å²) < 4.78 is 1.25. The van der Waals surface area contributed by atoms with Crippen LogP contribution in [-0.2, 0) is 24.0 Å². The summed E-state index contributed by atoms with van der Waals surface area (Å²) >= 11 is 3.45. The van der Waals surface area contributed by atoms with Crippen LogP contribution in [0.25, 0.3) is 0 Å². The Hall–Kier alpha value is -4.10. The highest BCUT2D eigenvalue weighted by Crippen LogP contribution is 2.41. The first-order valence-electron chi connectivity index (χ1n) is 11.8. The maximum Gasteiger partial charge on any atom is 0.384 e. The molecule has 2 aliphatic heterocycles. The number of carboxylic acids is 2. The van der Waals surface area contributed by atoms with Gasteiger partial charge >= 0.3 is 17.1 Å². The zero-order valence-electron chi connectivity index (χ0n) is 21.6. The number of nitrogen functional groups attached to an aromatic ring is 3. The molecular formula is C22H26N9O7S3+. The van der Waals surface area contributed by atoms with Crippen molar-refractivity contribution in [3.8, 4) is 0 Å². The number of carbonyl (C=O) groups is 4. The minimum atomic E-state index is -1.73. The fourth-order valence-electron chi connectivity index (χ4n) is 3.69. The van der Waals surface area contributed by atoms with Gasteiger partial charge in [0.2, 0.25) is 11.4 Å². The molecule has 1 saturated heterocycles. The van der Waals surface area contributed by atoms with E-state index in [2.05, 4.69) is 20.4 Å². The first-order chi connectivity index (χ1) is 19.4. The molecule has 0 spiro atoms. The van der Waals surface area contributed by atoms with E-state index in [-0.39, 0.29) is 46.0 Å². The standard InChI is InChI=1S/C22H25N9O7S3/c1-3-22(2,19(36)37)38-29-12(10-8-40-20(24)26-10)15(32)28-13-16(33)31-14(18(34)35)9(6-39-17(13)31)7-41-21-27-11(23)4-5-30(21)25/h4-5,8,13,17,23H,3,6-7,25H2,1-2H3,(H5,24,26,28,32,34,35,36,37)/p+1/b29-12-/t13?,17-,22-/m1/s1. The summed E-state index contributed by atoms with van der Waals surface area (Å²) in [5.74, 6) is 2.42. The lowest BCUT2D eigenvalue weighted by Gasteiger charge is -2.49. The number of hydrogen-bond donors (Lipinski definition) is 6. The zero-order chi connectivity index (χ0) is 30.1. The van der Waals surface area contributed by atoms with E-state index in [9.17, 15) is 29.4 Å².